The lowest BCUT2D eigenvalue weighted by atomic mass is 10.5. The fourth-order valence-corrected chi connectivity index (χ4v) is 1.04. The van der Waals surface area contributed by atoms with Crippen LogP contribution in [0.5, 0.6) is 5.88 Å². The normalized spacial score (nSPS) is 10.4. The number of aromatic nitrogens is 2. The van der Waals surface area contributed by atoms with Gasteiger partial charge in [0.25, 0.3) is 0 Å². The predicted molar refractivity (Wildman–Crippen MR) is 57.0 cm³/mol. The Morgan fingerprint density at radius 3 is 2.86 bits per heavy atom. The number of hydrogen-bond acceptors (Lipinski definition) is 4. The van der Waals surface area contributed by atoms with Crippen LogP contribution in [0.15, 0.2) is 6.20 Å². The van der Waals surface area contributed by atoms with E-state index in [2.05, 4.69) is 15.3 Å². The molecular formula is C9H14ClN3O. The summed E-state index contributed by atoms with van der Waals surface area (Å²) in [4.78, 5) is 8.13. The van der Waals surface area contributed by atoms with Gasteiger partial charge < -0.3 is 10.1 Å². The first-order chi connectivity index (χ1) is 6.63. The van der Waals surface area contributed by atoms with Crippen LogP contribution in [0, 0.1) is 0 Å². The number of nitrogens with zero attached hydrogens (tertiary/aromatic N) is 2. The molecular weight excluding hydrogens is 202 g/mol. The minimum absolute atomic E-state index is 0.0527. The Morgan fingerprint density at radius 2 is 2.29 bits per heavy atom. The van der Waals surface area contributed by atoms with Gasteiger partial charge in [0.15, 0.2) is 0 Å². The second-order valence-electron chi connectivity index (χ2n) is 3.04. The predicted octanol–water partition coefficient (Wildman–Crippen LogP) is 2.35. The molecule has 0 bridgehead atoms. The summed E-state index contributed by atoms with van der Waals surface area (Å²) in [5.41, 5.74) is 0. The van der Waals surface area contributed by atoms with Crippen LogP contribution in [0.4, 0.5) is 5.95 Å². The highest BCUT2D eigenvalue weighted by Crippen LogP contribution is 2.22. The fourth-order valence-electron chi connectivity index (χ4n) is 0.901. The molecule has 0 aromatic carbocycles. The van der Waals surface area contributed by atoms with Gasteiger partial charge >= 0.3 is 0 Å². The molecule has 1 aromatic heterocycles. The number of halogens is 1. The van der Waals surface area contributed by atoms with Gasteiger partial charge in [-0.2, -0.15) is 4.98 Å². The van der Waals surface area contributed by atoms with Crippen LogP contribution in [-0.4, -0.2) is 22.6 Å². The van der Waals surface area contributed by atoms with Crippen molar-refractivity contribution in [1.29, 1.82) is 0 Å². The van der Waals surface area contributed by atoms with Crippen LogP contribution in [0.2, 0.25) is 5.02 Å². The SMILES string of the molecule is CCNc1ncc(Cl)c(OC(C)C)n1. The molecule has 0 saturated carbocycles. The zero-order valence-corrected chi connectivity index (χ0v) is 9.30. The molecule has 1 aromatic rings. The highest BCUT2D eigenvalue weighted by Gasteiger charge is 2.07. The molecule has 0 aliphatic heterocycles. The second-order valence-corrected chi connectivity index (χ2v) is 3.45. The molecule has 0 fully saturated rings. The third-order valence-electron chi connectivity index (χ3n) is 1.39. The van der Waals surface area contributed by atoms with Gasteiger partial charge in [-0.15, -0.1) is 0 Å². The molecule has 0 amide bonds. The van der Waals surface area contributed by atoms with E-state index >= 15 is 0 Å². The van der Waals surface area contributed by atoms with E-state index in [0.29, 0.717) is 16.9 Å². The van der Waals surface area contributed by atoms with Crippen molar-refractivity contribution in [3.8, 4) is 5.88 Å². The van der Waals surface area contributed by atoms with Gasteiger partial charge in [0, 0.05) is 6.54 Å². The van der Waals surface area contributed by atoms with Crippen molar-refractivity contribution < 1.29 is 4.74 Å². The maximum atomic E-state index is 5.86. The first kappa shape index (κ1) is 11.0. The summed E-state index contributed by atoms with van der Waals surface area (Å²) in [7, 11) is 0. The third-order valence-corrected chi connectivity index (χ3v) is 1.65. The summed E-state index contributed by atoms with van der Waals surface area (Å²) in [5, 5.41) is 3.42. The molecule has 0 unspecified atom stereocenters. The largest absolute Gasteiger partial charge is 0.474 e. The van der Waals surface area contributed by atoms with Crippen LogP contribution in [0.25, 0.3) is 0 Å². The van der Waals surface area contributed by atoms with Crippen molar-refractivity contribution in [2.45, 2.75) is 26.9 Å². The molecule has 4 nitrogen and oxygen atoms in total. The Kier molecular flexibility index (Phi) is 3.95. The lowest BCUT2D eigenvalue weighted by Crippen LogP contribution is -2.09. The van der Waals surface area contributed by atoms with Gasteiger partial charge in [0.05, 0.1) is 12.3 Å². The molecule has 1 N–H and O–H groups in total. The van der Waals surface area contributed by atoms with Gasteiger partial charge in [-0.25, -0.2) is 4.98 Å². The fraction of sp³-hybridized carbons (Fsp3) is 0.556. The van der Waals surface area contributed by atoms with Crippen LogP contribution in [-0.2, 0) is 0 Å². The van der Waals surface area contributed by atoms with Crippen molar-refractivity contribution in [1.82, 2.24) is 9.97 Å². The lowest BCUT2D eigenvalue weighted by molar-refractivity contribution is 0.233. The molecule has 1 heterocycles. The number of hydrogen-bond donors (Lipinski definition) is 1. The standard InChI is InChI=1S/C9H14ClN3O/c1-4-11-9-12-5-7(10)8(13-9)14-6(2)3/h5-6H,4H2,1-3H3,(H,11,12,13). The van der Waals surface area contributed by atoms with E-state index in [-0.39, 0.29) is 6.10 Å². The highest BCUT2D eigenvalue weighted by molar-refractivity contribution is 6.31. The molecule has 5 heteroatoms. The molecule has 0 radical (unpaired) electrons. The van der Waals surface area contributed by atoms with E-state index in [1.165, 1.54) is 6.20 Å². The van der Waals surface area contributed by atoms with E-state index in [4.69, 9.17) is 16.3 Å². The van der Waals surface area contributed by atoms with Crippen molar-refractivity contribution in [3.05, 3.63) is 11.2 Å². The first-order valence-electron chi connectivity index (χ1n) is 4.56. The molecule has 0 aliphatic carbocycles. The number of nitrogens with one attached hydrogen (secondary N) is 1. The lowest BCUT2D eigenvalue weighted by Gasteiger charge is -2.10. The summed E-state index contributed by atoms with van der Waals surface area (Å²) >= 11 is 5.86. The zero-order valence-electron chi connectivity index (χ0n) is 8.54. The quantitative estimate of drug-likeness (QED) is 0.838. The molecule has 1 rings (SSSR count). The van der Waals surface area contributed by atoms with Crippen molar-refractivity contribution in [3.63, 3.8) is 0 Å². The summed E-state index contributed by atoms with van der Waals surface area (Å²) in [5.74, 6) is 0.958. The minimum Gasteiger partial charge on any atom is -0.474 e. The molecule has 78 valence electrons. The Hall–Kier alpha value is -1.03. The van der Waals surface area contributed by atoms with Crippen molar-refractivity contribution >= 4 is 17.5 Å². The van der Waals surface area contributed by atoms with Gasteiger partial charge in [0.1, 0.15) is 5.02 Å². The van der Waals surface area contributed by atoms with E-state index in [1.54, 1.807) is 0 Å². The van der Waals surface area contributed by atoms with Gasteiger partial charge in [-0.1, -0.05) is 11.6 Å². The van der Waals surface area contributed by atoms with Crippen LogP contribution >= 0.6 is 11.6 Å². The average molecular weight is 216 g/mol. The minimum atomic E-state index is 0.0527. The Morgan fingerprint density at radius 1 is 1.57 bits per heavy atom. The molecule has 0 atom stereocenters. The maximum absolute atomic E-state index is 5.86. The van der Waals surface area contributed by atoms with Gasteiger partial charge in [-0.3, -0.25) is 0 Å². The van der Waals surface area contributed by atoms with Crippen molar-refractivity contribution in [2.24, 2.45) is 0 Å². The summed E-state index contributed by atoms with van der Waals surface area (Å²) in [6, 6.07) is 0. The molecule has 0 saturated heterocycles. The highest BCUT2D eigenvalue weighted by atomic mass is 35.5. The number of rotatable bonds is 4. The average Bonchev–Trinajstić information content (AvgIpc) is 2.10. The zero-order chi connectivity index (χ0) is 10.6. The van der Waals surface area contributed by atoms with E-state index in [0.717, 1.165) is 6.54 Å². The van der Waals surface area contributed by atoms with Gasteiger partial charge in [0.2, 0.25) is 11.8 Å². The number of ether oxygens (including phenoxy) is 1. The van der Waals surface area contributed by atoms with Crippen LogP contribution < -0.4 is 10.1 Å². The monoisotopic (exact) mass is 215 g/mol. The van der Waals surface area contributed by atoms with E-state index in [1.807, 2.05) is 20.8 Å². The van der Waals surface area contributed by atoms with Crippen LogP contribution in [0.3, 0.4) is 0 Å². The second kappa shape index (κ2) is 5.00. The Labute approximate surface area is 88.7 Å². The third kappa shape index (κ3) is 3.03. The van der Waals surface area contributed by atoms with Crippen LogP contribution in [0.1, 0.15) is 20.8 Å². The summed E-state index contributed by atoms with van der Waals surface area (Å²) in [6.07, 6.45) is 1.58. The van der Waals surface area contributed by atoms with E-state index in [9.17, 15) is 0 Å². The maximum Gasteiger partial charge on any atom is 0.237 e. The topological polar surface area (TPSA) is 47.0 Å². The Balaban J connectivity index is 2.84. The molecule has 14 heavy (non-hydrogen) atoms. The summed E-state index contributed by atoms with van der Waals surface area (Å²) < 4.78 is 5.41. The Bertz CT molecular complexity index is 304. The molecule has 0 spiro atoms. The first-order valence-corrected chi connectivity index (χ1v) is 4.94. The smallest absolute Gasteiger partial charge is 0.237 e. The summed E-state index contributed by atoms with van der Waals surface area (Å²) in [6.45, 7) is 6.58. The van der Waals surface area contributed by atoms with Crippen molar-refractivity contribution in [2.75, 3.05) is 11.9 Å². The molecule has 0 aliphatic rings. The van der Waals surface area contributed by atoms with E-state index < -0.39 is 0 Å². The van der Waals surface area contributed by atoms with Gasteiger partial charge in [-0.05, 0) is 20.8 Å². The number of anilines is 1.